The molecule has 3 rings (SSSR count). The monoisotopic (exact) mass is 365 g/mol. The average molecular weight is 365 g/mol. The lowest BCUT2D eigenvalue weighted by molar-refractivity contribution is -0.120. The van der Waals surface area contributed by atoms with Crippen molar-refractivity contribution in [2.45, 2.75) is 40.2 Å². The maximum atomic E-state index is 11.5. The van der Waals surface area contributed by atoms with Crippen LogP contribution in [0.3, 0.4) is 0 Å². The summed E-state index contributed by atoms with van der Waals surface area (Å²) in [5, 5.41) is 2.92. The topological polar surface area (TPSA) is 56.2 Å². The molecule has 3 aromatic rings. The van der Waals surface area contributed by atoms with Gasteiger partial charge in [-0.05, 0) is 43.2 Å². The minimum atomic E-state index is 0.0657. The summed E-state index contributed by atoms with van der Waals surface area (Å²) in [5.74, 6) is 1.96. The third kappa shape index (κ3) is 4.48. The molecule has 0 aliphatic carbocycles. The van der Waals surface area contributed by atoms with Crippen molar-refractivity contribution in [3.63, 3.8) is 0 Å². The van der Waals surface area contributed by atoms with E-state index in [1.54, 1.807) is 0 Å². The fourth-order valence-electron chi connectivity index (χ4n) is 3.13. The number of ether oxygens (including phenoxy) is 1. The van der Waals surface area contributed by atoms with Gasteiger partial charge in [0.2, 0.25) is 5.91 Å². The van der Waals surface area contributed by atoms with Crippen molar-refractivity contribution >= 4 is 16.9 Å². The van der Waals surface area contributed by atoms with Gasteiger partial charge in [0.25, 0.3) is 0 Å². The Morgan fingerprint density at radius 2 is 1.96 bits per heavy atom. The summed E-state index contributed by atoms with van der Waals surface area (Å²) in [4.78, 5) is 16.2. The first kappa shape index (κ1) is 19.0. The number of para-hydroxylation sites is 2. The zero-order valence-electron chi connectivity index (χ0n) is 16.3. The van der Waals surface area contributed by atoms with Crippen LogP contribution in [0.1, 0.15) is 30.3 Å². The van der Waals surface area contributed by atoms with Gasteiger partial charge in [-0.2, -0.15) is 0 Å². The lowest BCUT2D eigenvalue weighted by Gasteiger charge is -2.13. The summed E-state index contributed by atoms with van der Waals surface area (Å²) in [6, 6.07) is 14.2. The maximum absolute atomic E-state index is 11.5. The van der Waals surface area contributed by atoms with Crippen molar-refractivity contribution in [2.75, 3.05) is 13.2 Å². The molecule has 0 fully saturated rings. The second-order valence-corrected chi connectivity index (χ2v) is 6.67. The summed E-state index contributed by atoms with van der Waals surface area (Å²) in [6.45, 7) is 7.90. The summed E-state index contributed by atoms with van der Waals surface area (Å²) in [7, 11) is 0. The highest BCUT2D eigenvalue weighted by molar-refractivity contribution is 5.76. The molecule has 2 aromatic carbocycles. The number of imidazole rings is 1. The molecule has 0 unspecified atom stereocenters. The van der Waals surface area contributed by atoms with E-state index in [1.165, 1.54) is 11.1 Å². The van der Waals surface area contributed by atoms with Gasteiger partial charge in [-0.1, -0.05) is 31.2 Å². The van der Waals surface area contributed by atoms with Crippen molar-refractivity contribution < 1.29 is 9.53 Å². The molecule has 0 atom stereocenters. The molecule has 27 heavy (non-hydrogen) atoms. The molecule has 1 heterocycles. The predicted molar refractivity (Wildman–Crippen MR) is 108 cm³/mol. The molecule has 0 saturated heterocycles. The minimum absolute atomic E-state index is 0.0657. The van der Waals surface area contributed by atoms with Crippen LogP contribution in [0.4, 0.5) is 0 Å². The van der Waals surface area contributed by atoms with Crippen LogP contribution in [0.25, 0.3) is 11.0 Å². The van der Waals surface area contributed by atoms with Crippen LogP contribution in [0.5, 0.6) is 5.75 Å². The van der Waals surface area contributed by atoms with Crippen LogP contribution in [0.2, 0.25) is 0 Å². The number of hydrogen-bond acceptors (Lipinski definition) is 3. The quantitative estimate of drug-likeness (QED) is 0.661. The molecule has 0 aliphatic heterocycles. The van der Waals surface area contributed by atoms with Crippen molar-refractivity contribution in [2.24, 2.45) is 0 Å². The van der Waals surface area contributed by atoms with Gasteiger partial charge in [-0.25, -0.2) is 4.98 Å². The van der Waals surface area contributed by atoms with E-state index < -0.39 is 0 Å². The van der Waals surface area contributed by atoms with Gasteiger partial charge in [0.05, 0.1) is 17.6 Å². The largest absolute Gasteiger partial charge is 0.491 e. The highest BCUT2D eigenvalue weighted by atomic mass is 16.5. The van der Waals surface area contributed by atoms with Crippen molar-refractivity contribution in [1.29, 1.82) is 0 Å². The van der Waals surface area contributed by atoms with Crippen molar-refractivity contribution in [1.82, 2.24) is 14.9 Å². The summed E-state index contributed by atoms with van der Waals surface area (Å²) >= 11 is 0. The molecular weight excluding hydrogens is 338 g/mol. The molecule has 0 spiro atoms. The second-order valence-electron chi connectivity index (χ2n) is 6.67. The normalized spacial score (nSPS) is 10.9. The first-order chi connectivity index (χ1) is 13.1. The van der Waals surface area contributed by atoms with Gasteiger partial charge in [0.15, 0.2) is 0 Å². The molecule has 0 radical (unpaired) electrons. The molecule has 142 valence electrons. The number of benzene rings is 2. The molecule has 1 aromatic heterocycles. The van der Waals surface area contributed by atoms with Gasteiger partial charge in [-0.15, -0.1) is 0 Å². The Kier molecular flexibility index (Phi) is 6.12. The van der Waals surface area contributed by atoms with Gasteiger partial charge < -0.3 is 14.6 Å². The highest BCUT2D eigenvalue weighted by Gasteiger charge is 2.11. The van der Waals surface area contributed by atoms with Crippen LogP contribution in [-0.4, -0.2) is 28.6 Å². The zero-order chi connectivity index (χ0) is 19.2. The third-order valence-electron chi connectivity index (χ3n) is 4.85. The van der Waals surface area contributed by atoms with Gasteiger partial charge in [0, 0.05) is 19.4 Å². The first-order valence-electron chi connectivity index (χ1n) is 9.50. The van der Waals surface area contributed by atoms with Crippen molar-refractivity contribution in [3.05, 3.63) is 59.4 Å². The number of nitrogens with zero attached hydrogens (tertiary/aromatic N) is 2. The Bertz CT molecular complexity index is 930. The fourth-order valence-corrected chi connectivity index (χ4v) is 3.13. The second kappa shape index (κ2) is 8.71. The van der Waals surface area contributed by atoms with E-state index in [-0.39, 0.29) is 5.91 Å². The highest BCUT2D eigenvalue weighted by Crippen LogP contribution is 2.21. The van der Waals surface area contributed by atoms with E-state index in [0.29, 0.717) is 32.5 Å². The van der Waals surface area contributed by atoms with E-state index in [0.717, 1.165) is 22.6 Å². The van der Waals surface area contributed by atoms with E-state index in [9.17, 15) is 4.79 Å². The zero-order valence-corrected chi connectivity index (χ0v) is 16.3. The smallest absolute Gasteiger partial charge is 0.219 e. The molecule has 1 amide bonds. The molecule has 5 nitrogen and oxygen atoms in total. The maximum Gasteiger partial charge on any atom is 0.219 e. The molecular formula is C22H27N3O2. The van der Waals surface area contributed by atoms with E-state index >= 15 is 0 Å². The lowest BCUT2D eigenvalue weighted by Crippen LogP contribution is -2.25. The number of nitrogens with one attached hydrogen (secondary N) is 1. The number of carbonyl (C=O) groups excluding carboxylic acids is 1. The molecule has 1 N–H and O–H groups in total. The average Bonchev–Trinajstić information content (AvgIpc) is 3.02. The third-order valence-corrected chi connectivity index (χ3v) is 4.85. The molecule has 5 heteroatoms. The number of carbonyl (C=O) groups is 1. The lowest BCUT2D eigenvalue weighted by atomic mass is 10.1. The van der Waals surface area contributed by atoms with Crippen LogP contribution in [0, 0.1) is 13.8 Å². The van der Waals surface area contributed by atoms with Crippen LogP contribution in [0.15, 0.2) is 42.5 Å². The Morgan fingerprint density at radius 1 is 1.15 bits per heavy atom. The first-order valence-corrected chi connectivity index (χ1v) is 9.50. The minimum Gasteiger partial charge on any atom is -0.491 e. The Morgan fingerprint density at radius 3 is 2.78 bits per heavy atom. The Hall–Kier alpha value is -2.82. The summed E-state index contributed by atoms with van der Waals surface area (Å²) < 4.78 is 8.23. The number of rotatable bonds is 8. The van der Waals surface area contributed by atoms with E-state index in [4.69, 9.17) is 9.72 Å². The number of fused-ring (bicyclic) bond motifs is 1. The molecule has 0 saturated carbocycles. The van der Waals surface area contributed by atoms with Crippen molar-refractivity contribution in [3.8, 4) is 5.75 Å². The van der Waals surface area contributed by atoms with E-state index in [2.05, 4.69) is 35.9 Å². The van der Waals surface area contributed by atoms with Crippen LogP contribution in [-0.2, 0) is 17.8 Å². The number of hydrogen-bond donors (Lipinski definition) is 1. The number of aryl methyl sites for hydroxylation is 1. The van der Waals surface area contributed by atoms with Gasteiger partial charge in [-0.3, -0.25) is 4.79 Å². The predicted octanol–water partition coefficient (Wildman–Crippen LogP) is 3.80. The molecule has 0 bridgehead atoms. The number of aromatic nitrogens is 2. The van der Waals surface area contributed by atoms with Gasteiger partial charge in [0.1, 0.15) is 18.2 Å². The Balaban J connectivity index is 1.72. The Labute approximate surface area is 160 Å². The van der Waals surface area contributed by atoms with E-state index in [1.807, 2.05) is 37.3 Å². The number of amides is 1. The summed E-state index contributed by atoms with van der Waals surface area (Å²) in [6.07, 6.45) is 1.20. The van der Waals surface area contributed by atoms with Gasteiger partial charge >= 0.3 is 0 Å². The standard InChI is InChI=1S/C22H27N3O2/c1-4-22(26)23-13-12-21-24-18-9-5-6-10-19(18)25(21)14-15-27-20-11-7-8-16(2)17(20)3/h5-11H,4,12-15H2,1-3H3,(H,23,26). The summed E-state index contributed by atoms with van der Waals surface area (Å²) in [5.41, 5.74) is 4.48. The molecule has 0 aliphatic rings. The SMILES string of the molecule is CCC(=O)NCCc1nc2ccccc2n1CCOc1cccc(C)c1C. The van der Waals surface area contributed by atoms with Crippen LogP contribution >= 0.6 is 0 Å². The van der Waals surface area contributed by atoms with Crippen LogP contribution < -0.4 is 10.1 Å². The fraction of sp³-hybridized carbons (Fsp3) is 0.364.